The quantitative estimate of drug-likeness (QED) is 0.0222. The summed E-state index contributed by atoms with van der Waals surface area (Å²) in [6, 6.07) is 0. The van der Waals surface area contributed by atoms with Crippen LogP contribution in [0.1, 0.15) is 331 Å². The molecule has 0 bridgehead atoms. The van der Waals surface area contributed by atoms with Gasteiger partial charge in [0.2, 0.25) is 0 Å². The number of carbonyl (C=O) groups excluding carboxylic acids is 4. The van der Waals surface area contributed by atoms with E-state index in [-0.39, 0.29) is 25.7 Å². The summed E-state index contributed by atoms with van der Waals surface area (Å²) >= 11 is 0. The predicted molar refractivity (Wildman–Crippen MR) is 349 cm³/mol. The molecule has 0 aliphatic rings. The van der Waals surface area contributed by atoms with E-state index in [4.69, 9.17) is 37.0 Å². The molecule has 516 valence electrons. The van der Waals surface area contributed by atoms with Crippen LogP contribution in [0.15, 0.2) is 0 Å². The van der Waals surface area contributed by atoms with Gasteiger partial charge in [-0.1, -0.05) is 280 Å². The molecule has 0 aromatic carbocycles. The van der Waals surface area contributed by atoms with Crippen LogP contribution in [-0.4, -0.2) is 96.7 Å². The molecule has 0 radical (unpaired) electrons. The first-order valence-electron chi connectivity index (χ1n) is 35.2. The van der Waals surface area contributed by atoms with E-state index in [1.165, 1.54) is 122 Å². The number of esters is 4. The molecule has 0 heterocycles. The Morgan fingerprint density at radius 3 is 0.816 bits per heavy atom. The molecule has 0 aromatic heterocycles. The predicted octanol–water partition coefficient (Wildman–Crippen LogP) is 18.9. The van der Waals surface area contributed by atoms with Gasteiger partial charge in [-0.3, -0.25) is 37.3 Å². The summed E-state index contributed by atoms with van der Waals surface area (Å²) in [5.41, 5.74) is 0. The molecule has 3 N–H and O–H groups in total. The van der Waals surface area contributed by atoms with Crippen molar-refractivity contribution >= 4 is 39.5 Å². The zero-order valence-corrected chi connectivity index (χ0v) is 58.4. The number of aliphatic hydroxyl groups excluding tert-OH is 1. The number of phosphoric ester groups is 2. The molecule has 0 saturated heterocycles. The molecule has 0 amide bonds. The van der Waals surface area contributed by atoms with E-state index >= 15 is 0 Å². The zero-order chi connectivity index (χ0) is 64.7. The maximum Gasteiger partial charge on any atom is 0.472 e. The van der Waals surface area contributed by atoms with Gasteiger partial charge in [-0.2, -0.15) is 0 Å². The lowest BCUT2D eigenvalue weighted by Crippen LogP contribution is -2.30. The van der Waals surface area contributed by atoms with E-state index in [2.05, 4.69) is 55.4 Å². The summed E-state index contributed by atoms with van der Waals surface area (Å²) in [5.74, 6) is 0.815. The van der Waals surface area contributed by atoms with Gasteiger partial charge in [0.1, 0.15) is 19.3 Å². The highest BCUT2D eigenvalue weighted by Gasteiger charge is 2.30. The summed E-state index contributed by atoms with van der Waals surface area (Å²) in [7, 11) is -9.90. The minimum atomic E-state index is -4.95. The van der Waals surface area contributed by atoms with Crippen molar-refractivity contribution in [1.29, 1.82) is 0 Å². The lowest BCUT2D eigenvalue weighted by Gasteiger charge is -2.21. The van der Waals surface area contributed by atoms with Crippen molar-refractivity contribution in [1.82, 2.24) is 0 Å². The fourth-order valence-corrected chi connectivity index (χ4v) is 11.7. The Morgan fingerprint density at radius 1 is 0.322 bits per heavy atom. The molecular formula is C68H132O17P2. The van der Waals surface area contributed by atoms with Crippen molar-refractivity contribution in [2.24, 2.45) is 23.7 Å². The maximum atomic E-state index is 13.0. The molecule has 6 atom stereocenters. The normalized spacial score (nSPS) is 14.6. The molecule has 0 aliphatic carbocycles. The van der Waals surface area contributed by atoms with Gasteiger partial charge in [0.15, 0.2) is 12.2 Å². The van der Waals surface area contributed by atoms with Crippen LogP contribution in [0.2, 0.25) is 0 Å². The molecule has 3 unspecified atom stereocenters. The summed E-state index contributed by atoms with van der Waals surface area (Å²) in [4.78, 5) is 72.4. The van der Waals surface area contributed by atoms with E-state index in [0.717, 1.165) is 120 Å². The van der Waals surface area contributed by atoms with E-state index in [0.29, 0.717) is 31.6 Å². The maximum absolute atomic E-state index is 13.0. The number of aliphatic hydroxyl groups is 1. The lowest BCUT2D eigenvalue weighted by molar-refractivity contribution is -0.161. The first-order chi connectivity index (χ1) is 41.6. The third kappa shape index (κ3) is 61.3. The number of hydrogen-bond donors (Lipinski definition) is 3. The van der Waals surface area contributed by atoms with Crippen molar-refractivity contribution in [2.45, 2.75) is 350 Å². The second-order valence-corrected chi connectivity index (χ2v) is 29.1. The van der Waals surface area contributed by atoms with Crippen LogP contribution in [-0.2, 0) is 65.4 Å². The first-order valence-corrected chi connectivity index (χ1v) is 38.2. The van der Waals surface area contributed by atoms with E-state index in [1.54, 1.807) is 0 Å². The van der Waals surface area contributed by atoms with Crippen LogP contribution in [0.3, 0.4) is 0 Å². The third-order valence-electron chi connectivity index (χ3n) is 15.9. The van der Waals surface area contributed by atoms with E-state index in [9.17, 15) is 43.2 Å². The highest BCUT2D eigenvalue weighted by atomic mass is 31.2. The highest BCUT2D eigenvalue weighted by Crippen LogP contribution is 2.45. The molecule has 87 heavy (non-hydrogen) atoms. The summed E-state index contributed by atoms with van der Waals surface area (Å²) < 4.78 is 68.2. The molecule has 0 fully saturated rings. The van der Waals surface area contributed by atoms with E-state index < -0.39 is 97.5 Å². The van der Waals surface area contributed by atoms with Gasteiger partial charge >= 0.3 is 39.5 Å². The summed E-state index contributed by atoms with van der Waals surface area (Å²) in [6.45, 7) is 14.0. The van der Waals surface area contributed by atoms with Gasteiger partial charge in [-0.05, 0) is 49.4 Å². The van der Waals surface area contributed by atoms with Gasteiger partial charge < -0.3 is 33.8 Å². The van der Waals surface area contributed by atoms with Crippen LogP contribution in [0.4, 0.5) is 0 Å². The molecule has 17 nitrogen and oxygen atoms in total. The monoisotopic (exact) mass is 1280 g/mol. The second-order valence-electron chi connectivity index (χ2n) is 26.2. The van der Waals surface area contributed by atoms with Crippen LogP contribution in [0.5, 0.6) is 0 Å². The molecule has 0 spiro atoms. The Morgan fingerprint density at radius 2 is 0.552 bits per heavy atom. The number of ether oxygens (including phenoxy) is 4. The van der Waals surface area contributed by atoms with Gasteiger partial charge in [0.25, 0.3) is 0 Å². The summed E-state index contributed by atoms with van der Waals surface area (Å²) in [5, 5.41) is 10.6. The molecule has 19 heteroatoms. The molecule has 0 aromatic rings. The lowest BCUT2D eigenvalue weighted by atomic mass is 10.00. The molecular weight excluding hydrogens is 1150 g/mol. The average molecular weight is 1280 g/mol. The zero-order valence-electron chi connectivity index (χ0n) is 56.6. The van der Waals surface area contributed by atoms with Crippen molar-refractivity contribution in [2.75, 3.05) is 39.6 Å². The van der Waals surface area contributed by atoms with Gasteiger partial charge in [-0.15, -0.1) is 0 Å². The Labute approximate surface area is 530 Å². The van der Waals surface area contributed by atoms with E-state index in [1.807, 2.05) is 0 Å². The van der Waals surface area contributed by atoms with Crippen molar-refractivity contribution in [3.8, 4) is 0 Å². The fourth-order valence-electron chi connectivity index (χ4n) is 10.1. The van der Waals surface area contributed by atoms with Gasteiger partial charge in [0.05, 0.1) is 26.4 Å². The minimum Gasteiger partial charge on any atom is -0.462 e. The van der Waals surface area contributed by atoms with Gasteiger partial charge in [0, 0.05) is 25.7 Å². The number of phosphoric acid groups is 2. The number of carbonyl (C=O) groups is 4. The Hall–Kier alpha value is -1.94. The van der Waals surface area contributed by atoms with Crippen LogP contribution < -0.4 is 0 Å². The van der Waals surface area contributed by atoms with Crippen molar-refractivity contribution < 1.29 is 80.2 Å². The molecule has 0 rings (SSSR count). The highest BCUT2D eigenvalue weighted by molar-refractivity contribution is 7.47. The number of unbranched alkanes of at least 4 members (excludes halogenated alkanes) is 30. The third-order valence-corrected chi connectivity index (χ3v) is 17.8. The topological polar surface area (TPSA) is 237 Å². The Bertz CT molecular complexity index is 1730. The SMILES string of the molecule is CCC(C)CCCCCCCCC(=O)OC[C@H](COP(=O)(O)OC[C@H](O)COP(=O)(O)OC[C@@H](COC(=O)CCCCCCCCCC(C)C)OC(=O)CCCCCCCCCCCC(C)C)OC(=O)CCCCCCCCCCCCCCC(C)C. The Balaban J connectivity index is 5.25. The summed E-state index contributed by atoms with van der Waals surface area (Å²) in [6.07, 6.45) is 39.0. The standard InChI is InChI=1S/C68H132O17P2/c1-9-61(8)47-39-31-26-27-33-41-49-66(71)79-55-64(85-67(72)50-42-34-23-17-13-11-10-12-15-20-28-36-44-58(2)3)57-83-87(76,77)81-53-62(69)52-80-86(74,75)82-56-63(54-78-65(70)48-40-32-25-19-22-30-38-46-60(6)7)84-68(73)51-43-35-24-18-14-16-21-29-37-45-59(4)5/h58-64,69H,9-57H2,1-8H3,(H,74,75)(H,76,77)/t61?,62-,63-,64-/m1/s1. The van der Waals surface area contributed by atoms with Crippen molar-refractivity contribution in [3.63, 3.8) is 0 Å². The number of hydrogen-bond acceptors (Lipinski definition) is 15. The fraction of sp³-hybridized carbons (Fsp3) is 0.941. The largest absolute Gasteiger partial charge is 0.472 e. The second kappa shape index (κ2) is 57.9. The smallest absolute Gasteiger partial charge is 0.462 e. The van der Waals surface area contributed by atoms with Crippen molar-refractivity contribution in [3.05, 3.63) is 0 Å². The average Bonchev–Trinajstić information content (AvgIpc) is 3.55. The molecule has 0 saturated carbocycles. The molecule has 0 aliphatic heterocycles. The number of rotatable bonds is 65. The minimum absolute atomic E-state index is 0.104. The van der Waals surface area contributed by atoms with Crippen LogP contribution in [0, 0.1) is 23.7 Å². The van der Waals surface area contributed by atoms with Crippen LogP contribution in [0.25, 0.3) is 0 Å². The first kappa shape index (κ1) is 85.1. The Kier molecular flexibility index (Phi) is 56.6. The van der Waals surface area contributed by atoms with Crippen LogP contribution >= 0.6 is 15.6 Å². The van der Waals surface area contributed by atoms with Gasteiger partial charge in [-0.25, -0.2) is 9.13 Å².